The summed E-state index contributed by atoms with van der Waals surface area (Å²) in [6.45, 7) is 2.07. The molecule has 0 heterocycles. The van der Waals surface area contributed by atoms with E-state index in [4.69, 9.17) is 10.00 Å². The zero-order valence-electron chi connectivity index (χ0n) is 11.8. The lowest BCUT2D eigenvalue weighted by molar-refractivity contribution is 0.368. The van der Waals surface area contributed by atoms with Gasteiger partial charge in [0.2, 0.25) is 0 Å². The Kier molecular flexibility index (Phi) is 5.16. The number of benzene rings is 2. The molecule has 2 aromatic rings. The Morgan fingerprint density at radius 2 is 2.05 bits per heavy atom. The van der Waals surface area contributed by atoms with Gasteiger partial charge in [-0.05, 0) is 43.2 Å². The summed E-state index contributed by atoms with van der Waals surface area (Å²) >= 11 is 0. The summed E-state index contributed by atoms with van der Waals surface area (Å²) in [4.78, 5) is 0. The van der Waals surface area contributed by atoms with Crippen LogP contribution < -0.4 is 10.1 Å². The number of anilines is 1. The zero-order chi connectivity index (χ0) is 15.1. The van der Waals surface area contributed by atoms with Crippen molar-refractivity contribution in [2.45, 2.75) is 19.4 Å². The van der Waals surface area contributed by atoms with E-state index in [-0.39, 0.29) is 18.5 Å². The SMILES string of the molecule is CC(Cc1cccc(F)c1)Nc1cccc(OCC#N)c1. The van der Waals surface area contributed by atoms with E-state index in [9.17, 15) is 4.39 Å². The van der Waals surface area contributed by atoms with Crippen molar-refractivity contribution in [2.24, 2.45) is 0 Å². The smallest absolute Gasteiger partial charge is 0.174 e. The fourth-order valence-electron chi connectivity index (χ4n) is 2.14. The molecule has 108 valence electrons. The Labute approximate surface area is 124 Å². The Balaban J connectivity index is 1.96. The third-order valence-electron chi connectivity index (χ3n) is 2.98. The summed E-state index contributed by atoms with van der Waals surface area (Å²) < 4.78 is 18.4. The summed E-state index contributed by atoms with van der Waals surface area (Å²) in [7, 11) is 0. The van der Waals surface area contributed by atoms with Crippen LogP contribution in [0.1, 0.15) is 12.5 Å². The lowest BCUT2D eigenvalue weighted by Crippen LogP contribution is -2.18. The first-order valence-electron chi connectivity index (χ1n) is 6.78. The molecular formula is C17H17FN2O. The highest BCUT2D eigenvalue weighted by molar-refractivity contribution is 5.49. The Hall–Kier alpha value is -2.54. The van der Waals surface area contributed by atoms with E-state index in [0.29, 0.717) is 5.75 Å². The molecule has 0 saturated heterocycles. The quantitative estimate of drug-likeness (QED) is 0.878. The monoisotopic (exact) mass is 284 g/mol. The number of halogens is 1. The average Bonchev–Trinajstić information content (AvgIpc) is 2.45. The Morgan fingerprint density at radius 3 is 2.81 bits per heavy atom. The molecule has 0 aromatic heterocycles. The summed E-state index contributed by atoms with van der Waals surface area (Å²) in [6.07, 6.45) is 0.723. The van der Waals surface area contributed by atoms with Crippen LogP contribution in [0.2, 0.25) is 0 Å². The van der Waals surface area contributed by atoms with Gasteiger partial charge in [-0.2, -0.15) is 5.26 Å². The van der Waals surface area contributed by atoms with Crippen molar-refractivity contribution in [3.05, 3.63) is 59.9 Å². The second-order valence-corrected chi connectivity index (χ2v) is 4.85. The van der Waals surface area contributed by atoms with Crippen LogP contribution in [0.3, 0.4) is 0 Å². The highest BCUT2D eigenvalue weighted by atomic mass is 19.1. The van der Waals surface area contributed by atoms with Crippen molar-refractivity contribution < 1.29 is 9.13 Å². The fraction of sp³-hybridized carbons (Fsp3) is 0.235. The van der Waals surface area contributed by atoms with E-state index in [1.54, 1.807) is 18.2 Å². The summed E-state index contributed by atoms with van der Waals surface area (Å²) in [5.41, 5.74) is 1.86. The van der Waals surface area contributed by atoms with E-state index >= 15 is 0 Å². The van der Waals surface area contributed by atoms with Gasteiger partial charge in [0.25, 0.3) is 0 Å². The minimum atomic E-state index is -0.216. The maximum atomic E-state index is 13.2. The first-order chi connectivity index (χ1) is 10.2. The van der Waals surface area contributed by atoms with Crippen LogP contribution in [0.25, 0.3) is 0 Å². The topological polar surface area (TPSA) is 45.0 Å². The van der Waals surface area contributed by atoms with E-state index < -0.39 is 0 Å². The van der Waals surface area contributed by atoms with Gasteiger partial charge in [0.15, 0.2) is 6.61 Å². The molecule has 0 aliphatic heterocycles. The summed E-state index contributed by atoms with van der Waals surface area (Å²) in [5, 5.41) is 11.8. The van der Waals surface area contributed by atoms with Crippen LogP contribution in [0.4, 0.5) is 10.1 Å². The molecule has 0 bridgehead atoms. The lowest BCUT2D eigenvalue weighted by Gasteiger charge is -2.16. The van der Waals surface area contributed by atoms with Crippen LogP contribution in [0.15, 0.2) is 48.5 Å². The second kappa shape index (κ2) is 7.30. The van der Waals surface area contributed by atoms with Gasteiger partial charge < -0.3 is 10.1 Å². The van der Waals surface area contributed by atoms with Crippen molar-refractivity contribution in [3.8, 4) is 11.8 Å². The predicted molar refractivity (Wildman–Crippen MR) is 80.7 cm³/mol. The van der Waals surface area contributed by atoms with Crippen LogP contribution in [0.5, 0.6) is 5.75 Å². The normalized spacial score (nSPS) is 11.5. The maximum Gasteiger partial charge on any atom is 0.174 e. The molecule has 0 aliphatic carbocycles. The van der Waals surface area contributed by atoms with E-state index in [0.717, 1.165) is 17.7 Å². The van der Waals surface area contributed by atoms with Gasteiger partial charge >= 0.3 is 0 Å². The molecule has 0 fully saturated rings. The molecule has 21 heavy (non-hydrogen) atoms. The molecule has 0 amide bonds. The number of nitrogens with zero attached hydrogens (tertiary/aromatic N) is 1. The average molecular weight is 284 g/mol. The molecule has 2 rings (SSSR count). The van der Waals surface area contributed by atoms with Gasteiger partial charge in [0, 0.05) is 17.8 Å². The molecular weight excluding hydrogens is 267 g/mol. The van der Waals surface area contributed by atoms with Gasteiger partial charge in [-0.3, -0.25) is 0 Å². The van der Waals surface area contributed by atoms with Gasteiger partial charge in [0.05, 0.1) is 0 Å². The van der Waals surface area contributed by atoms with Crippen LogP contribution in [-0.2, 0) is 6.42 Å². The molecule has 1 atom stereocenters. The minimum absolute atomic E-state index is 0.0301. The third kappa shape index (κ3) is 4.81. The molecule has 0 aliphatic rings. The third-order valence-corrected chi connectivity index (χ3v) is 2.98. The van der Waals surface area contributed by atoms with Crippen molar-refractivity contribution in [1.82, 2.24) is 0 Å². The van der Waals surface area contributed by atoms with Gasteiger partial charge in [-0.15, -0.1) is 0 Å². The number of hydrogen-bond acceptors (Lipinski definition) is 3. The molecule has 0 spiro atoms. The molecule has 1 N–H and O–H groups in total. The highest BCUT2D eigenvalue weighted by Crippen LogP contribution is 2.19. The molecule has 1 unspecified atom stereocenters. The van der Waals surface area contributed by atoms with Crippen molar-refractivity contribution in [2.75, 3.05) is 11.9 Å². The number of hydrogen-bond donors (Lipinski definition) is 1. The molecule has 3 nitrogen and oxygen atoms in total. The minimum Gasteiger partial charge on any atom is -0.479 e. The number of nitrogens with one attached hydrogen (secondary N) is 1. The summed E-state index contributed by atoms with van der Waals surface area (Å²) in [5.74, 6) is 0.436. The zero-order valence-corrected chi connectivity index (χ0v) is 11.8. The van der Waals surface area contributed by atoms with Gasteiger partial charge in [0.1, 0.15) is 17.6 Å². The highest BCUT2D eigenvalue weighted by Gasteiger charge is 2.05. The van der Waals surface area contributed by atoms with Crippen LogP contribution >= 0.6 is 0 Å². The molecule has 4 heteroatoms. The van der Waals surface area contributed by atoms with E-state index in [1.807, 2.05) is 37.3 Å². The fourth-order valence-corrected chi connectivity index (χ4v) is 2.14. The Morgan fingerprint density at radius 1 is 1.24 bits per heavy atom. The van der Waals surface area contributed by atoms with Gasteiger partial charge in [-0.1, -0.05) is 18.2 Å². The first kappa shape index (κ1) is 14.9. The molecule has 2 aromatic carbocycles. The number of rotatable bonds is 6. The van der Waals surface area contributed by atoms with E-state index in [2.05, 4.69) is 5.32 Å². The maximum absolute atomic E-state index is 13.2. The van der Waals surface area contributed by atoms with Gasteiger partial charge in [-0.25, -0.2) is 4.39 Å². The molecule has 0 saturated carbocycles. The van der Waals surface area contributed by atoms with Crippen LogP contribution in [-0.4, -0.2) is 12.6 Å². The second-order valence-electron chi connectivity index (χ2n) is 4.85. The standard InChI is InChI=1S/C17H17FN2O/c1-13(10-14-4-2-5-15(18)11-14)20-16-6-3-7-17(12-16)21-9-8-19/h2-7,11-13,20H,9-10H2,1H3. The van der Waals surface area contributed by atoms with Crippen molar-refractivity contribution in [3.63, 3.8) is 0 Å². The van der Waals surface area contributed by atoms with Crippen LogP contribution in [0, 0.1) is 17.1 Å². The first-order valence-corrected chi connectivity index (χ1v) is 6.78. The van der Waals surface area contributed by atoms with Crippen molar-refractivity contribution >= 4 is 5.69 Å². The molecule has 0 radical (unpaired) electrons. The summed E-state index contributed by atoms with van der Waals surface area (Å²) in [6, 6.07) is 16.2. The largest absolute Gasteiger partial charge is 0.479 e. The number of ether oxygens (including phenoxy) is 1. The predicted octanol–water partition coefficient (Wildman–Crippen LogP) is 3.77. The lowest BCUT2D eigenvalue weighted by atomic mass is 10.1. The van der Waals surface area contributed by atoms with E-state index in [1.165, 1.54) is 6.07 Å². The van der Waals surface area contributed by atoms with Crippen molar-refractivity contribution in [1.29, 1.82) is 5.26 Å². The Bertz CT molecular complexity index is 637. The number of nitriles is 1.